The van der Waals surface area contributed by atoms with Crippen LogP contribution in [-0.2, 0) is 28.6 Å². The molecular weight excluding hydrogens is 518 g/mol. The number of aliphatic hydroxyl groups is 1. The second-order valence-corrected chi connectivity index (χ2v) is 12.6. The van der Waals surface area contributed by atoms with E-state index in [1.807, 2.05) is 30.3 Å². The van der Waals surface area contributed by atoms with E-state index in [1.165, 1.54) is 29.7 Å². The number of benzene rings is 3. The van der Waals surface area contributed by atoms with Gasteiger partial charge in [0.15, 0.2) is 0 Å². The molecule has 2 unspecified atom stereocenters. The van der Waals surface area contributed by atoms with Gasteiger partial charge in [-0.1, -0.05) is 94.6 Å². The molecule has 0 radical (unpaired) electrons. The number of carbonyl (C=O) groups excluding carboxylic acids is 1. The number of aliphatic hydroxyl groups excluding tert-OH is 1. The van der Waals surface area contributed by atoms with Gasteiger partial charge in [0, 0.05) is 24.6 Å². The van der Waals surface area contributed by atoms with E-state index >= 15 is 0 Å². The number of aryl methyl sites for hydroxylation is 1. The Morgan fingerprint density at radius 1 is 0.902 bits per heavy atom. The van der Waals surface area contributed by atoms with Gasteiger partial charge in [0.2, 0.25) is 5.91 Å². The molecule has 3 N–H and O–H groups in total. The first-order valence-corrected chi connectivity index (χ1v) is 14.9. The largest absolute Gasteiger partial charge is 0.390 e. The molecule has 4 rings (SSSR count). The molecule has 1 fully saturated rings. The Labute approximate surface area is 243 Å². The van der Waals surface area contributed by atoms with Crippen molar-refractivity contribution in [2.75, 3.05) is 6.54 Å². The van der Waals surface area contributed by atoms with Crippen LogP contribution in [0.2, 0.25) is 0 Å². The maximum Gasteiger partial charge on any atom is 0.220 e. The Balaban J connectivity index is 1.52. The fourth-order valence-corrected chi connectivity index (χ4v) is 5.90. The van der Waals surface area contributed by atoms with Gasteiger partial charge in [0.25, 0.3) is 0 Å². The van der Waals surface area contributed by atoms with Crippen molar-refractivity contribution in [1.29, 1.82) is 0 Å². The molecule has 0 spiro atoms. The average molecular weight is 563 g/mol. The summed E-state index contributed by atoms with van der Waals surface area (Å²) in [6.45, 7) is 6.85. The zero-order valence-corrected chi connectivity index (χ0v) is 24.6. The van der Waals surface area contributed by atoms with Crippen molar-refractivity contribution in [3.05, 3.63) is 107 Å². The number of carbonyl (C=O) groups is 1. The molecule has 3 aromatic carbocycles. The standard InChI is InChI=1S/C35H44F2N2O2/c1-34(2,3)27-13-10-14-28(22-27)35(17-8-5-9-18-35)38-24-32(40)31(21-26-19-29(36)23-30(37)20-26)39-33(41)16-15-25-11-6-4-7-12-25/h4,6-7,10-14,19-20,22-23,31-32,38,40H,5,8-9,15-18,21,24H2,1-3H3,(H,39,41). The summed E-state index contributed by atoms with van der Waals surface area (Å²) in [5.41, 5.74) is 3.64. The number of hydrogen-bond acceptors (Lipinski definition) is 3. The summed E-state index contributed by atoms with van der Waals surface area (Å²) in [4.78, 5) is 13.0. The molecule has 1 aliphatic rings. The monoisotopic (exact) mass is 562 g/mol. The highest BCUT2D eigenvalue weighted by Gasteiger charge is 2.35. The summed E-state index contributed by atoms with van der Waals surface area (Å²) in [6, 6.07) is 21.1. The molecule has 0 saturated heterocycles. The maximum atomic E-state index is 14.0. The van der Waals surface area contributed by atoms with Crippen LogP contribution in [0.4, 0.5) is 8.78 Å². The Morgan fingerprint density at radius 3 is 2.24 bits per heavy atom. The lowest BCUT2D eigenvalue weighted by Crippen LogP contribution is -2.53. The van der Waals surface area contributed by atoms with Crippen LogP contribution < -0.4 is 10.6 Å². The highest BCUT2D eigenvalue weighted by atomic mass is 19.1. The molecule has 0 bridgehead atoms. The molecule has 0 aliphatic heterocycles. The third-order valence-corrected chi connectivity index (χ3v) is 8.31. The molecule has 0 heterocycles. The molecule has 3 aromatic rings. The van der Waals surface area contributed by atoms with Crippen LogP contribution in [-0.4, -0.2) is 29.7 Å². The smallest absolute Gasteiger partial charge is 0.220 e. The van der Waals surface area contributed by atoms with Crippen LogP contribution in [0.5, 0.6) is 0 Å². The predicted molar refractivity (Wildman–Crippen MR) is 161 cm³/mol. The van der Waals surface area contributed by atoms with E-state index in [0.717, 1.165) is 37.3 Å². The van der Waals surface area contributed by atoms with Gasteiger partial charge in [-0.05, 0) is 65.5 Å². The van der Waals surface area contributed by atoms with Gasteiger partial charge in [-0.2, -0.15) is 0 Å². The second-order valence-electron chi connectivity index (χ2n) is 12.6. The minimum absolute atomic E-state index is 0.0146. The highest BCUT2D eigenvalue weighted by molar-refractivity contribution is 5.76. The average Bonchev–Trinajstić information content (AvgIpc) is 2.94. The van der Waals surface area contributed by atoms with E-state index in [-0.39, 0.29) is 36.2 Å². The van der Waals surface area contributed by atoms with E-state index in [9.17, 15) is 18.7 Å². The Kier molecular flexibility index (Phi) is 10.3. The van der Waals surface area contributed by atoms with Gasteiger partial charge in [-0.3, -0.25) is 4.79 Å². The Morgan fingerprint density at radius 2 is 1.59 bits per heavy atom. The van der Waals surface area contributed by atoms with Gasteiger partial charge >= 0.3 is 0 Å². The van der Waals surface area contributed by atoms with Crippen molar-refractivity contribution < 1.29 is 18.7 Å². The first kappa shape index (κ1) is 30.9. The fraction of sp³-hybridized carbons (Fsp3) is 0.457. The van der Waals surface area contributed by atoms with Crippen molar-refractivity contribution >= 4 is 5.91 Å². The van der Waals surface area contributed by atoms with Crippen LogP contribution >= 0.6 is 0 Å². The lowest BCUT2D eigenvalue weighted by Gasteiger charge is -2.41. The van der Waals surface area contributed by atoms with Gasteiger partial charge < -0.3 is 15.7 Å². The molecular formula is C35H44F2N2O2. The molecule has 4 nitrogen and oxygen atoms in total. The van der Waals surface area contributed by atoms with Crippen molar-refractivity contribution in [3.63, 3.8) is 0 Å². The van der Waals surface area contributed by atoms with Crippen molar-refractivity contribution in [2.24, 2.45) is 0 Å². The van der Waals surface area contributed by atoms with E-state index in [2.05, 4.69) is 55.7 Å². The topological polar surface area (TPSA) is 61.4 Å². The first-order valence-electron chi connectivity index (χ1n) is 14.9. The molecule has 0 aromatic heterocycles. The number of nitrogens with one attached hydrogen (secondary N) is 2. The highest BCUT2D eigenvalue weighted by Crippen LogP contribution is 2.38. The lowest BCUT2D eigenvalue weighted by atomic mass is 9.74. The van der Waals surface area contributed by atoms with E-state index in [0.29, 0.717) is 12.0 Å². The van der Waals surface area contributed by atoms with Gasteiger partial charge in [-0.15, -0.1) is 0 Å². The number of rotatable bonds is 11. The lowest BCUT2D eigenvalue weighted by molar-refractivity contribution is -0.122. The summed E-state index contributed by atoms with van der Waals surface area (Å²) >= 11 is 0. The van der Waals surface area contributed by atoms with Crippen molar-refractivity contribution in [1.82, 2.24) is 10.6 Å². The zero-order valence-electron chi connectivity index (χ0n) is 24.6. The summed E-state index contributed by atoms with van der Waals surface area (Å²) < 4.78 is 28.0. The quantitative estimate of drug-likeness (QED) is 0.243. The summed E-state index contributed by atoms with van der Waals surface area (Å²) in [6.07, 6.45) is 5.23. The third kappa shape index (κ3) is 8.70. The van der Waals surface area contributed by atoms with Crippen LogP contribution in [0, 0.1) is 11.6 Å². The normalized spacial score (nSPS) is 16.6. The number of amides is 1. The van der Waals surface area contributed by atoms with Crippen molar-refractivity contribution in [2.45, 2.75) is 95.2 Å². The van der Waals surface area contributed by atoms with Gasteiger partial charge in [0.1, 0.15) is 11.6 Å². The fourth-order valence-electron chi connectivity index (χ4n) is 5.90. The van der Waals surface area contributed by atoms with Gasteiger partial charge in [-0.25, -0.2) is 8.78 Å². The predicted octanol–water partition coefficient (Wildman–Crippen LogP) is 6.73. The molecule has 1 saturated carbocycles. The van der Waals surface area contributed by atoms with Crippen LogP contribution in [0.25, 0.3) is 0 Å². The minimum Gasteiger partial charge on any atom is -0.390 e. The number of halogens is 2. The summed E-state index contributed by atoms with van der Waals surface area (Å²) in [5, 5.41) is 18.1. The maximum absolute atomic E-state index is 14.0. The molecule has 41 heavy (non-hydrogen) atoms. The van der Waals surface area contributed by atoms with Crippen LogP contribution in [0.1, 0.15) is 81.5 Å². The van der Waals surface area contributed by atoms with Crippen molar-refractivity contribution in [3.8, 4) is 0 Å². The van der Waals surface area contributed by atoms with E-state index in [4.69, 9.17) is 0 Å². The Hall–Kier alpha value is -3.09. The molecule has 220 valence electrons. The Bertz CT molecular complexity index is 1260. The van der Waals surface area contributed by atoms with E-state index < -0.39 is 23.8 Å². The molecule has 1 amide bonds. The SMILES string of the molecule is CC(C)(C)c1cccc(C2(NCC(O)C(Cc3cc(F)cc(F)c3)NC(=O)CCc3ccccc3)CCCCC2)c1. The molecule has 6 heteroatoms. The summed E-state index contributed by atoms with van der Waals surface area (Å²) in [7, 11) is 0. The molecule has 2 atom stereocenters. The third-order valence-electron chi connectivity index (χ3n) is 8.31. The van der Waals surface area contributed by atoms with Crippen LogP contribution in [0.15, 0.2) is 72.8 Å². The minimum atomic E-state index is -0.966. The summed E-state index contributed by atoms with van der Waals surface area (Å²) in [5.74, 6) is -1.57. The second kappa shape index (κ2) is 13.7. The van der Waals surface area contributed by atoms with Gasteiger partial charge in [0.05, 0.1) is 12.1 Å². The first-order chi connectivity index (χ1) is 19.5. The zero-order chi connectivity index (χ0) is 29.5. The van der Waals surface area contributed by atoms with Crippen LogP contribution in [0.3, 0.4) is 0 Å². The number of hydrogen-bond donors (Lipinski definition) is 3. The van der Waals surface area contributed by atoms with E-state index in [1.54, 1.807) is 0 Å². The molecule has 1 aliphatic carbocycles.